The Hall–Kier alpha value is -3.05. The second-order valence-corrected chi connectivity index (χ2v) is 6.97. The maximum Gasteiger partial charge on any atom is 0.272 e. The second kappa shape index (κ2) is 7.90. The highest BCUT2D eigenvalue weighted by Crippen LogP contribution is 2.34. The molecule has 1 aliphatic rings. The lowest BCUT2D eigenvalue weighted by molar-refractivity contribution is -0.130. The van der Waals surface area contributed by atoms with Gasteiger partial charge < -0.3 is 14.4 Å². The van der Waals surface area contributed by atoms with E-state index in [9.17, 15) is 4.79 Å². The van der Waals surface area contributed by atoms with Crippen molar-refractivity contribution in [3.8, 4) is 11.5 Å². The molecule has 1 aliphatic heterocycles. The Morgan fingerprint density at radius 2 is 1.68 bits per heavy atom. The Morgan fingerprint density at radius 3 is 2.36 bits per heavy atom. The van der Waals surface area contributed by atoms with Gasteiger partial charge in [0.1, 0.15) is 6.10 Å². The lowest BCUT2D eigenvalue weighted by Crippen LogP contribution is -2.50. The predicted octanol–water partition coefficient (Wildman–Crippen LogP) is 4.50. The summed E-state index contributed by atoms with van der Waals surface area (Å²) in [4.78, 5) is 19.5. The number of amides is 1. The molecule has 0 saturated carbocycles. The summed E-state index contributed by atoms with van der Waals surface area (Å²) in [5, 5.41) is 0.605. The maximum absolute atomic E-state index is 13.5. The van der Waals surface area contributed by atoms with Crippen molar-refractivity contribution in [3.05, 3.63) is 83.6 Å². The Bertz CT molecular complexity index is 963. The van der Waals surface area contributed by atoms with Crippen molar-refractivity contribution in [1.29, 1.82) is 0 Å². The number of benzene rings is 2. The first-order valence-electron chi connectivity index (χ1n) is 9.01. The van der Waals surface area contributed by atoms with Gasteiger partial charge in [-0.25, -0.2) is 0 Å². The van der Waals surface area contributed by atoms with Gasteiger partial charge >= 0.3 is 0 Å². The van der Waals surface area contributed by atoms with E-state index in [4.69, 9.17) is 21.1 Å². The summed E-state index contributed by atoms with van der Waals surface area (Å²) in [6, 6.07) is 20.1. The number of aromatic nitrogens is 1. The van der Waals surface area contributed by atoms with E-state index in [1.54, 1.807) is 29.3 Å². The number of carbonyl (C=O) groups is 1. The quantitative estimate of drug-likeness (QED) is 0.654. The normalized spacial score (nSPS) is 17.8. The van der Waals surface area contributed by atoms with Crippen LogP contribution in [0.25, 0.3) is 0 Å². The summed E-state index contributed by atoms with van der Waals surface area (Å²) in [5.74, 6) is 1.00. The minimum atomic E-state index is -0.769. The van der Waals surface area contributed by atoms with Crippen LogP contribution in [0.1, 0.15) is 12.6 Å². The van der Waals surface area contributed by atoms with Crippen molar-refractivity contribution in [3.63, 3.8) is 0 Å². The third-order valence-electron chi connectivity index (χ3n) is 4.54. The number of hydrogen-bond acceptors (Lipinski definition) is 4. The van der Waals surface area contributed by atoms with Gasteiger partial charge in [-0.05, 0) is 55.5 Å². The third kappa shape index (κ3) is 3.80. The Labute approximate surface area is 168 Å². The molecule has 28 heavy (non-hydrogen) atoms. The van der Waals surface area contributed by atoms with Crippen molar-refractivity contribution in [2.75, 3.05) is 4.90 Å². The summed E-state index contributed by atoms with van der Waals surface area (Å²) in [6.07, 6.45) is 0.508. The molecule has 0 bridgehead atoms. The van der Waals surface area contributed by atoms with E-state index in [2.05, 4.69) is 4.98 Å². The minimum Gasteiger partial charge on any atom is -0.482 e. The zero-order valence-electron chi connectivity index (χ0n) is 15.3. The molecule has 0 fully saturated rings. The number of carbonyl (C=O) groups excluding carboxylic acids is 1. The molecule has 2 unspecified atom stereocenters. The van der Waals surface area contributed by atoms with E-state index in [1.807, 2.05) is 55.5 Å². The predicted molar refractivity (Wildman–Crippen MR) is 108 cm³/mol. The van der Waals surface area contributed by atoms with Crippen LogP contribution in [0, 0.1) is 0 Å². The fourth-order valence-electron chi connectivity index (χ4n) is 3.12. The molecule has 142 valence electrons. The smallest absolute Gasteiger partial charge is 0.272 e. The van der Waals surface area contributed by atoms with Crippen LogP contribution in [0.3, 0.4) is 0 Å². The summed E-state index contributed by atoms with van der Waals surface area (Å²) < 4.78 is 11.9. The SMILES string of the molecule is CC1Oc2ccccc2OC1C(=O)N(Cc1ccccn1)c1ccc(Cl)cc1. The summed E-state index contributed by atoms with van der Waals surface area (Å²) in [7, 11) is 0. The highest BCUT2D eigenvalue weighted by Gasteiger charge is 2.37. The third-order valence-corrected chi connectivity index (χ3v) is 4.79. The van der Waals surface area contributed by atoms with Gasteiger partial charge in [0.05, 0.1) is 12.2 Å². The Morgan fingerprint density at radius 1 is 1.00 bits per heavy atom. The fourth-order valence-corrected chi connectivity index (χ4v) is 3.24. The summed E-state index contributed by atoms with van der Waals surface area (Å²) in [6.45, 7) is 2.15. The molecule has 2 aromatic carbocycles. The number of hydrogen-bond donors (Lipinski definition) is 0. The minimum absolute atomic E-state index is 0.199. The molecule has 2 heterocycles. The van der Waals surface area contributed by atoms with Crippen LogP contribution in [0.5, 0.6) is 11.5 Å². The fraction of sp³-hybridized carbons (Fsp3) is 0.182. The second-order valence-electron chi connectivity index (χ2n) is 6.53. The number of rotatable bonds is 4. The number of pyridine rings is 1. The number of fused-ring (bicyclic) bond motifs is 1. The number of halogens is 1. The lowest BCUT2D eigenvalue weighted by atomic mass is 10.1. The van der Waals surface area contributed by atoms with Gasteiger partial charge in [0.15, 0.2) is 11.5 Å². The Kier molecular flexibility index (Phi) is 5.17. The molecule has 0 aliphatic carbocycles. The van der Waals surface area contributed by atoms with Crippen LogP contribution in [0.15, 0.2) is 72.9 Å². The molecule has 1 aromatic heterocycles. The number of nitrogens with zero attached hydrogens (tertiary/aromatic N) is 2. The lowest BCUT2D eigenvalue weighted by Gasteiger charge is -2.34. The number of anilines is 1. The first kappa shape index (κ1) is 18.3. The van der Waals surface area contributed by atoms with E-state index in [-0.39, 0.29) is 5.91 Å². The number of para-hydroxylation sites is 2. The van der Waals surface area contributed by atoms with Gasteiger partial charge in [-0.3, -0.25) is 9.78 Å². The van der Waals surface area contributed by atoms with Crippen LogP contribution < -0.4 is 14.4 Å². The van der Waals surface area contributed by atoms with E-state index in [0.717, 1.165) is 11.4 Å². The molecule has 5 nitrogen and oxygen atoms in total. The van der Waals surface area contributed by atoms with Crippen LogP contribution in [0.4, 0.5) is 5.69 Å². The van der Waals surface area contributed by atoms with Gasteiger partial charge in [-0.15, -0.1) is 0 Å². The molecule has 0 spiro atoms. The summed E-state index contributed by atoms with van der Waals surface area (Å²) in [5.41, 5.74) is 1.49. The van der Waals surface area contributed by atoms with Crippen LogP contribution in [0.2, 0.25) is 5.02 Å². The van der Waals surface area contributed by atoms with E-state index < -0.39 is 12.2 Å². The monoisotopic (exact) mass is 394 g/mol. The van der Waals surface area contributed by atoms with Crippen LogP contribution in [-0.4, -0.2) is 23.1 Å². The highest BCUT2D eigenvalue weighted by molar-refractivity contribution is 6.30. The average Bonchev–Trinajstić information content (AvgIpc) is 2.72. The van der Waals surface area contributed by atoms with Gasteiger partial charge in [0.2, 0.25) is 6.10 Å². The van der Waals surface area contributed by atoms with Crippen molar-refractivity contribution >= 4 is 23.2 Å². The van der Waals surface area contributed by atoms with Gasteiger partial charge in [0.25, 0.3) is 5.91 Å². The van der Waals surface area contributed by atoms with Gasteiger partial charge in [-0.2, -0.15) is 0 Å². The first-order valence-corrected chi connectivity index (χ1v) is 9.39. The van der Waals surface area contributed by atoms with E-state index in [1.165, 1.54) is 0 Å². The molecule has 1 amide bonds. The van der Waals surface area contributed by atoms with Crippen LogP contribution >= 0.6 is 11.6 Å². The van der Waals surface area contributed by atoms with Crippen molar-refractivity contribution < 1.29 is 14.3 Å². The topological polar surface area (TPSA) is 51.7 Å². The molecular formula is C22H19ClN2O3. The molecule has 3 aromatic rings. The first-order chi connectivity index (χ1) is 13.6. The average molecular weight is 395 g/mol. The van der Waals surface area contributed by atoms with Crippen molar-refractivity contribution in [1.82, 2.24) is 4.98 Å². The Balaban J connectivity index is 1.65. The zero-order chi connectivity index (χ0) is 19.5. The molecule has 6 heteroatoms. The summed E-state index contributed by atoms with van der Waals surface area (Å²) >= 11 is 6.02. The number of ether oxygens (including phenoxy) is 2. The van der Waals surface area contributed by atoms with Crippen molar-refractivity contribution in [2.24, 2.45) is 0 Å². The molecule has 0 radical (unpaired) electrons. The van der Waals surface area contributed by atoms with E-state index in [0.29, 0.717) is 23.1 Å². The van der Waals surface area contributed by atoms with Crippen molar-refractivity contribution in [2.45, 2.75) is 25.7 Å². The van der Waals surface area contributed by atoms with E-state index >= 15 is 0 Å². The molecule has 4 rings (SSSR count). The van der Waals surface area contributed by atoms with Gasteiger partial charge in [0, 0.05) is 16.9 Å². The van der Waals surface area contributed by atoms with Crippen LogP contribution in [-0.2, 0) is 11.3 Å². The van der Waals surface area contributed by atoms with Gasteiger partial charge in [-0.1, -0.05) is 29.8 Å². The maximum atomic E-state index is 13.5. The molecule has 2 atom stereocenters. The largest absolute Gasteiger partial charge is 0.482 e. The molecular weight excluding hydrogens is 376 g/mol. The standard InChI is InChI=1S/C22H19ClN2O3/c1-15-21(28-20-8-3-2-7-19(20)27-15)22(26)25(14-17-6-4-5-13-24-17)18-11-9-16(23)10-12-18/h2-13,15,21H,14H2,1H3. The zero-order valence-corrected chi connectivity index (χ0v) is 16.0. The highest BCUT2D eigenvalue weighted by atomic mass is 35.5. The molecule has 0 saturated heterocycles. The molecule has 0 N–H and O–H groups in total.